The minimum atomic E-state index is 0.373. The summed E-state index contributed by atoms with van der Waals surface area (Å²) in [7, 11) is 0. The van der Waals surface area contributed by atoms with Crippen molar-refractivity contribution in [3.8, 4) is 0 Å². The van der Waals surface area contributed by atoms with Crippen molar-refractivity contribution in [3.05, 3.63) is 39.7 Å². The molecule has 0 radical (unpaired) electrons. The average Bonchev–Trinajstić information content (AvgIpc) is 2.89. The van der Waals surface area contributed by atoms with Crippen LogP contribution < -0.4 is 10.6 Å². The van der Waals surface area contributed by atoms with Crippen LogP contribution >= 0.6 is 11.3 Å². The highest BCUT2D eigenvalue weighted by Crippen LogP contribution is 2.34. The van der Waals surface area contributed by atoms with Gasteiger partial charge in [-0.1, -0.05) is 0 Å². The monoisotopic (exact) mass is 260 g/mol. The van der Waals surface area contributed by atoms with Gasteiger partial charge in [-0.2, -0.15) is 5.10 Å². The Morgan fingerprint density at radius 3 is 3.00 bits per heavy atom. The molecule has 0 aliphatic carbocycles. The molecule has 94 valence electrons. The summed E-state index contributed by atoms with van der Waals surface area (Å²) < 4.78 is 0. The summed E-state index contributed by atoms with van der Waals surface area (Å²) in [5.74, 6) is 0.941. The van der Waals surface area contributed by atoms with Gasteiger partial charge in [0.05, 0.1) is 11.7 Å². The zero-order valence-corrected chi connectivity index (χ0v) is 11.2. The fraction of sp³-hybridized carbons (Fsp3) is 0.385. The second kappa shape index (κ2) is 4.66. The summed E-state index contributed by atoms with van der Waals surface area (Å²) in [5, 5.41) is 10.6. The minimum absolute atomic E-state index is 0.373. The molecular formula is C13H16N4S. The first-order valence-electron chi connectivity index (χ1n) is 6.15. The number of nitrogens with two attached hydrogens (primary N) is 1. The minimum Gasteiger partial charge on any atom is -0.348 e. The Kier molecular flexibility index (Phi) is 3.01. The number of aromatic nitrogens is 2. The van der Waals surface area contributed by atoms with E-state index < -0.39 is 0 Å². The molecular weight excluding hydrogens is 244 g/mol. The zero-order valence-electron chi connectivity index (χ0n) is 10.3. The normalized spacial score (nSPS) is 18.8. The molecule has 2 aromatic rings. The van der Waals surface area contributed by atoms with Gasteiger partial charge in [-0.15, -0.1) is 16.4 Å². The lowest BCUT2D eigenvalue weighted by atomic mass is 10.0. The molecule has 1 atom stereocenters. The molecule has 3 heterocycles. The molecule has 0 aromatic carbocycles. The molecule has 18 heavy (non-hydrogen) atoms. The second-order valence-corrected chi connectivity index (χ2v) is 5.51. The summed E-state index contributed by atoms with van der Waals surface area (Å²) in [4.78, 5) is 3.81. The summed E-state index contributed by atoms with van der Waals surface area (Å²) in [6, 6.07) is 6.57. The van der Waals surface area contributed by atoms with Crippen LogP contribution in [0.25, 0.3) is 0 Å². The van der Waals surface area contributed by atoms with Crippen LogP contribution in [0.4, 0.5) is 5.82 Å². The molecule has 0 bridgehead atoms. The van der Waals surface area contributed by atoms with E-state index in [0.717, 1.165) is 24.5 Å². The van der Waals surface area contributed by atoms with Gasteiger partial charge in [0.2, 0.25) is 0 Å². The molecule has 1 aliphatic heterocycles. The Labute approximate surface area is 110 Å². The first kappa shape index (κ1) is 11.6. The van der Waals surface area contributed by atoms with Crippen molar-refractivity contribution < 1.29 is 0 Å². The fourth-order valence-corrected chi connectivity index (χ4v) is 3.40. The molecule has 0 fully saturated rings. The van der Waals surface area contributed by atoms with Gasteiger partial charge in [0.25, 0.3) is 0 Å². The lowest BCUT2D eigenvalue weighted by molar-refractivity contribution is 0.619. The van der Waals surface area contributed by atoms with Gasteiger partial charge in [0.1, 0.15) is 0 Å². The smallest absolute Gasteiger partial charge is 0.151 e. The number of hydrogen-bond donors (Lipinski definition) is 1. The van der Waals surface area contributed by atoms with Gasteiger partial charge >= 0.3 is 0 Å². The number of nitrogens with zero attached hydrogens (tertiary/aromatic N) is 3. The Morgan fingerprint density at radius 2 is 2.28 bits per heavy atom. The van der Waals surface area contributed by atoms with Crippen LogP contribution in [0.3, 0.4) is 0 Å². The summed E-state index contributed by atoms with van der Waals surface area (Å²) in [6.07, 6.45) is 1.09. The van der Waals surface area contributed by atoms with Gasteiger partial charge in [-0.3, -0.25) is 0 Å². The molecule has 3 rings (SSSR count). The lowest BCUT2D eigenvalue weighted by Crippen LogP contribution is -2.33. The quantitative estimate of drug-likeness (QED) is 0.898. The molecule has 1 unspecified atom stereocenters. The Hall–Kier alpha value is -1.46. The van der Waals surface area contributed by atoms with E-state index in [-0.39, 0.29) is 0 Å². The number of thiophene rings is 1. The van der Waals surface area contributed by atoms with Crippen LogP contribution in [0, 0.1) is 0 Å². The van der Waals surface area contributed by atoms with Gasteiger partial charge in [0, 0.05) is 18.0 Å². The molecule has 1 aliphatic rings. The van der Waals surface area contributed by atoms with Gasteiger partial charge in [-0.05, 0) is 42.5 Å². The molecule has 0 saturated carbocycles. The number of fused-ring (bicyclic) bond motifs is 1. The molecule has 0 amide bonds. The average molecular weight is 260 g/mol. The van der Waals surface area contributed by atoms with Gasteiger partial charge in [-0.25, -0.2) is 0 Å². The maximum Gasteiger partial charge on any atom is 0.151 e. The lowest BCUT2D eigenvalue weighted by Gasteiger charge is -2.34. The summed E-state index contributed by atoms with van der Waals surface area (Å²) >= 11 is 1.85. The molecule has 2 N–H and O–H groups in total. The van der Waals surface area contributed by atoms with Crippen LogP contribution in [0.15, 0.2) is 23.6 Å². The predicted molar refractivity (Wildman–Crippen MR) is 73.7 cm³/mol. The summed E-state index contributed by atoms with van der Waals surface area (Å²) in [5.41, 5.74) is 7.80. The predicted octanol–water partition coefficient (Wildman–Crippen LogP) is 2.12. The molecule has 0 spiro atoms. The summed E-state index contributed by atoms with van der Waals surface area (Å²) in [6.45, 7) is 3.67. The largest absolute Gasteiger partial charge is 0.348 e. The van der Waals surface area contributed by atoms with Crippen LogP contribution in [-0.4, -0.2) is 16.7 Å². The van der Waals surface area contributed by atoms with E-state index in [1.807, 2.05) is 23.5 Å². The van der Waals surface area contributed by atoms with Crippen molar-refractivity contribution in [2.24, 2.45) is 5.73 Å². The molecule has 4 nitrogen and oxygen atoms in total. The van der Waals surface area contributed by atoms with Crippen LogP contribution in [0.2, 0.25) is 0 Å². The number of anilines is 1. The van der Waals surface area contributed by atoms with Crippen LogP contribution in [-0.2, 0) is 13.0 Å². The van der Waals surface area contributed by atoms with Crippen molar-refractivity contribution in [2.75, 3.05) is 11.4 Å². The topological polar surface area (TPSA) is 55.0 Å². The van der Waals surface area contributed by atoms with E-state index in [1.165, 1.54) is 10.4 Å². The van der Waals surface area contributed by atoms with Gasteiger partial charge in [0.15, 0.2) is 5.82 Å². The van der Waals surface area contributed by atoms with E-state index in [1.54, 1.807) is 0 Å². The van der Waals surface area contributed by atoms with Crippen LogP contribution in [0.1, 0.15) is 29.1 Å². The first-order chi connectivity index (χ1) is 8.79. The van der Waals surface area contributed by atoms with Gasteiger partial charge < -0.3 is 10.6 Å². The van der Waals surface area contributed by atoms with E-state index in [4.69, 9.17) is 5.73 Å². The van der Waals surface area contributed by atoms with E-state index in [0.29, 0.717) is 12.6 Å². The van der Waals surface area contributed by atoms with E-state index >= 15 is 0 Å². The standard InChI is InChI=1S/C13H16N4S/c1-9-11-5-7-18-12(11)4-6-17(9)13-3-2-10(8-14)15-16-13/h2-3,5,7,9H,4,6,8,14H2,1H3. The Bertz CT molecular complexity index is 534. The third-order valence-electron chi connectivity index (χ3n) is 3.49. The third kappa shape index (κ3) is 1.89. The zero-order chi connectivity index (χ0) is 12.5. The highest BCUT2D eigenvalue weighted by Gasteiger charge is 2.25. The first-order valence-corrected chi connectivity index (χ1v) is 7.03. The van der Waals surface area contributed by atoms with Crippen molar-refractivity contribution in [1.29, 1.82) is 0 Å². The molecule has 0 saturated heterocycles. The highest BCUT2D eigenvalue weighted by molar-refractivity contribution is 7.10. The van der Waals surface area contributed by atoms with Crippen molar-refractivity contribution >= 4 is 17.2 Å². The fourth-order valence-electron chi connectivity index (χ4n) is 2.44. The maximum atomic E-state index is 5.54. The van der Waals surface area contributed by atoms with Crippen molar-refractivity contribution in [3.63, 3.8) is 0 Å². The molecule has 2 aromatic heterocycles. The maximum absolute atomic E-state index is 5.54. The van der Waals surface area contributed by atoms with Crippen molar-refractivity contribution in [2.45, 2.75) is 25.9 Å². The van der Waals surface area contributed by atoms with E-state index in [9.17, 15) is 0 Å². The van der Waals surface area contributed by atoms with Crippen molar-refractivity contribution in [1.82, 2.24) is 10.2 Å². The Balaban J connectivity index is 1.89. The van der Waals surface area contributed by atoms with Crippen LogP contribution in [0.5, 0.6) is 0 Å². The molecule has 5 heteroatoms. The third-order valence-corrected chi connectivity index (χ3v) is 4.48. The SMILES string of the molecule is CC1c2ccsc2CCN1c1ccc(CN)nn1. The Morgan fingerprint density at radius 1 is 1.39 bits per heavy atom. The van der Waals surface area contributed by atoms with E-state index in [2.05, 4.69) is 33.5 Å². The number of rotatable bonds is 2. The second-order valence-electron chi connectivity index (χ2n) is 4.51. The number of hydrogen-bond acceptors (Lipinski definition) is 5. The highest BCUT2D eigenvalue weighted by atomic mass is 32.1.